The molecule has 0 saturated heterocycles. The summed E-state index contributed by atoms with van der Waals surface area (Å²) < 4.78 is 4.72. The van der Waals surface area contributed by atoms with Crippen molar-refractivity contribution in [2.45, 2.75) is 38.6 Å². The molecule has 1 unspecified atom stereocenters. The zero-order valence-corrected chi connectivity index (χ0v) is 14.9. The second-order valence-electron chi connectivity index (χ2n) is 5.26. The number of rotatable bonds is 9. The smallest absolute Gasteiger partial charge is 0.328 e. The van der Waals surface area contributed by atoms with Gasteiger partial charge in [-0.2, -0.15) is 11.8 Å². The van der Waals surface area contributed by atoms with Crippen LogP contribution in [0.5, 0.6) is 0 Å². The highest BCUT2D eigenvalue weighted by atomic mass is 32.2. The van der Waals surface area contributed by atoms with Crippen molar-refractivity contribution in [3.63, 3.8) is 0 Å². The van der Waals surface area contributed by atoms with Crippen molar-refractivity contribution < 1.29 is 14.3 Å². The van der Waals surface area contributed by atoms with Crippen molar-refractivity contribution in [3.05, 3.63) is 29.8 Å². The number of aryl methyl sites for hydroxylation is 1. The molecule has 0 bridgehead atoms. The van der Waals surface area contributed by atoms with Crippen LogP contribution in [-0.4, -0.2) is 37.2 Å². The molecule has 0 aliphatic heterocycles. The van der Waals surface area contributed by atoms with E-state index in [9.17, 15) is 9.59 Å². The van der Waals surface area contributed by atoms with Gasteiger partial charge in [-0.25, -0.2) is 9.59 Å². The lowest BCUT2D eigenvalue weighted by molar-refractivity contribution is -0.142. The lowest BCUT2D eigenvalue weighted by Crippen LogP contribution is -2.44. The average Bonchev–Trinajstić information content (AvgIpc) is 2.57. The van der Waals surface area contributed by atoms with Crippen molar-refractivity contribution in [3.8, 4) is 0 Å². The lowest BCUT2D eigenvalue weighted by atomic mass is 10.1. The summed E-state index contributed by atoms with van der Waals surface area (Å²) in [6, 6.07) is 6.74. The number of esters is 1. The first-order chi connectivity index (χ1) is 11.1. The van der Waals surface area contributed by atoms with Crippen LogP contribution in [0, 0.1) is 0 Å². The van der Waals surface area contributed by atoms with Gasteiger partial charge in [0.05, 0.1) is 7.11 Å². The van der Waals surface area contributed by atoms with Gasteiger partial charge in [0.1, 0.15) is 6.04 Å². The molecule has 1 rings (SSSR count). The Morgan fingerprint density at radius 3 is 2.52 bits per heavy atom. The Hall–Kier alpha value is -1.69. The van der Waals surface area contributed by atoms with Gasteiger partial charge in [-0.1, -0.05) is 25.5 Å². The fourth-order valence-corrected chi connectivity index (χ4v) is 2.56. The first-order valence-corrected chi connectivity index (χ1v) is 9.23. The molecular formula is C17H26N2O3S. The molecule has 1 atom stereocenters. The average molecular weight is 338 g/mol. The van der Waals surface area contributed by atoms with E-state index in [0.29, 0.717) is 12.1 Å². The van der Waals surface area contributed by atoms with Crippen LogP contribution in [-0.2, 0) is 16.0 Å². The normalized spacial score (nSPS) is 11.6. The molecule has 0 fully saturated rings. The monoisotopic (exact) mass is 338 g/mol. The number of carbonyl (C=O) groups is 2. The van der Waals surface area contributed by atoms with Gasteiger partial charge in [-0.3, -0.25) is 0 Å². The summed E-state index contributed by atoms with van der Waals surface area (Å²) in [5.41, 5.74) is 1.96. The molecule has 2 amide bonds. The maximum Gasteiger partial charge on any atom is 0.328 e. The third kappa shape index (κ3) is 7.41. The highest BCUT2D eigenvalue weighted by Crippen LogP contribution is 2.12. The Kier molecular flexibility index (Phi) is 9.21. The van der Waals surface area contributed by atoms with Gasteiger partial charge < -0.3 is 15.4 Å². The second-order valence-corrected chi connectivity index (χ2v) is 6.24. The van der Waals surface area contributed by atoms with E-state index < -0.39 is 18.0 Å². The molecule has 5 nitrogen and oxygen atoms in total. The zero-order chi connectivity index (χ0) is 17.1. The molecule has 128 valence electrons. The third-order valence-corrected chi connectivity index (χ3v) is 4.08. The summed E-state index contributed by atoms with van der Waals surface area (Å²) >= 11 is 1.62. The van der Waals surface area contributed by atoms with Crippen LogP contribution < -0.4 is 10.6 Å². The first-order valence-electron chi connectivity index (χ1n) is 7.84. The summed E-state index contributed by atoms with van der Waals surface area (Å²) in [6.07, 6.45) is 5.85. The number of nitrogens with one attached hydrogen (secondary N) is 2. The Bertz CT molecular complexity index is 491. The third-order valence-electron chi connectivity index (χ3n) is 3.43. The van der Waals surface area contributed by atoms with Crippen molar-refractivity contribution >= 4 is 29.4 Å². The number of methoxy groups -OCH3 is 1. The fourth-order valence-electron chi connectivity index (χ4n) is 2.09. The van der Waals surface area contributed by atoms with E-state index in [1.807, 2.05) is 30.5 Å². The van der Waals surface area contributed by atoms with E-state index in [0.717, 1.165) is 25.0 Å². The number of anilines is 1. The molecule has 0 heterocycles. The molecule has 6 heteroatoms. The van der Waals surface area contributed by atoms with Crippen molar-refractivity contribution in [1.29, 1.82) is 0 Å². The summed E-state index contributed by atoms with van der Waals surface area (Å²) in [4.78, 5) is 23.7. The highest BCUT2D eigenvalue weighted by Gasteiger charge is 2.20. The number of carbonyl (C=O) groups excluding carboxylic acids is 2. The molecule has 23 heavy (non-hydrogen) atoms. The van der Waals surface area contributed by atoms with Crippen LogP contribution in [0.15, 0.2) is 24.3 Å². The van der Waals surface area contributed by atoms with Crippen LogP contribution in [0.25, 0.3) is 0 Å². The number of ether oxygens (including phenoxy) is 1. The molecule has 2 N–H and O–H groups in total. The second kappa shape index (κ2) is 10.9. The van der Waals surface area contributed by atoms with Crippen LogP contribution in [0.3, 0.4) is 0 Å². The van der Waals surface area contributed by atoms with Crippen molar-refractivity contribution in [2.24, 2.45) is 0 Å². The predicted octanol–water partition coefficient (Wildman–Crippen LogP) is 3.45. The maximum absolute atomic E-state index is 12.0. The maximum atomic E-state index is 12.0. The van der Waals surface area contributed by atoms with Gasteiger partial charge in [0.15, 0.2) is 0 Å². The topological polar surface area (TPSA) is 67.4 Å². The first kappa shape index (κ1) is 19.4. The quantitative estimate of drug-likeness (QED) is 0.677. The van der Waals surface area contributed by atoms with Crippen LogP contribution in [0.2, 0.25) is 0 Å². The minimum absolute atomic E-state index is 0.400. The van der Waals surface area contributed by atoms with E-state index in [1.54, 1.807) is 11.8 Å². The Balaban J connectivity index is 2.54. The van der Waals surface area contributed by atoms with E-state index in [-0.39, 0.29) is 0 Å². The lowest BCUT2D eigenvalue weighted by Gasteiger charge is -2.16. The Morgan fingerprint density at radius 2 is 1.96 bits per heavy atom. The van der Waals surface area contributed by atoms with Crippen molar-refractivity contribution in [1.82, 2.24) is 5.32 Å². The SMILES string of the molecule is CCCCc1ccc(NC(=O)NC(CCSC)C(=O)OC)cc1. The van der Waals surface area contributed by atoms with Gasteiger partial charge in [-0.15, -0.1) is 0 Å². The molecule has 0 saturated carbocycles. The van der Waals surface area contributed by atoms with Gasteiger partial charge in [0.25, 0.3) is 0 Å². The summed E-state index contributed by atoms with van der Waals surface area (Å²) in [5, 5.41) is 5.41. The number of amides is 2. The minimum Gasteiger partial charge on any atom is -0.467 e. The van der Waals surface area contributed by atoms with E-state index in [2.05, 4.69) is 17.6 Å². The van der Waals surface area contributed by atoms with Crippen LogP contribution in [0.1, 0.15) is 31.7 Å². The van der Waals surface area contributed by atoms with Crippen molar-refractivity contribution in [2.75, 3.05) is 24.4 Å². The number of hydrogen-bond acceptors (Lipinski definition) is 4. The van der Waals surface area contributed by atoms with Gasteiger partial charge in [0, 0.05) is 5.69 Å². The largest absolute Gasteiger partial charge is 0.467 e. The number of thioether (sulfide) groups is 1. The van der Waals surface area contributed by atoms with Gasteiger partial charge in [0.2, 0.25) is 0 Å². The molecule has 0 aromatic heterocycles. The summed E-state index contributed by atoms with van der Waals surface area (Å²) in [5.74, 6) is 0.343. The minimum atomic E-state index is -0.628. The zero-order valence-electron chi connectivity index (χ0n) is 14.1. The molecule has 0 aliphatic rings. The number of unbranched alkanes of at least 4 members (excludes halogenated alkanes) is 1. The van der Waals surface area contributed by atoms with Gasteiger partial charge in [-0.05, 0) is 49.0 Å². The Labute approximate surface area is 142 Å². The van der Waals surface area contributed by atoms with E-state index in [1.165, 1.54) is 12.7 Å². The number of urea groups is 1. The summed E-state index contributed by atoms with van der Waals surface area (Å²) in [7, 11) is 1.32. The van der Waals surface area contributed by atoms with E-state index in [4.69, 9.17) is 4.74 Å². The highest BCUT2D eigenvalue weighted by molar-refractivity contribution is 7.98. The fraction of sp³-hybridized carbons (Fsp3) is 0.529. The standard InChI is InChI=1S/C17H26N2O3S/c1-4-5-6-13-7-9-14(10-8-13)18-17(21)19-15(11-12-23-3)16(20)22-2/h7-10,15H,4-6,11-12H2,1-3H3,(H2,18,19,21). The Morgan fingerprint density at radius 1 is 1.26 bits per heavy atom. The predicted molar refractivity (Wildman–Crippen MR) is 96.0 cm³/mol. The molecule has 1 aromatic carbocycles. The van der Waals surface area contributed by atoms with E-state index >= 15 is 0 Å². The molecular weight excluding hydrogens is 312 g/mol. The number of benzene rings is 1. The van der Waals surface area contributed by atoms with Gasteiger partial charge >= 0.3 is 12.0 Å². The van der Waals surface area contributed by atoms with Crippen LogP contribution >= 0.6 is 11.8 Å². The molecule has 0 spiro atoms. The summed E-state index contributed by atoms with van der Waals surface area (Å²) in [6.45, 7) is 2.16. The molecule has 1 aromatic rings. The van der Waals surface area contributed by atoms with Crippen LogP contribution in [0.4, 0.5) is 10.5 Å². The molecule has 0 aliphatic carbocycles. The number of hydrogen-bond donors (Lipinski definition) is 2. The molecule has 0 radical (unpaired) electrons.